The van der Waals surface area contributed by atoms with Gasteiger partial charge in [-0.3, -0.25) is 9.89 Å². The maximum atomic E-state index is 11.8. The van der Waals surface area contributed by atoms with Crippen LogP contribution in [0.5, 0.6) is 0 Å². The first-order valence-electron chi connectivity index (χ1n) is 5.46. The van der Waals surface area contributed by atoms with E-state index in [1.807, 2.05) is 13.8 Å². The molecular weight excluding hydrogens is 206 g/mol. The number of aliphatic hydroxyl groups is 1. The standard InChI is InChI=1S/C11H19N3O2/c1-7(4-5-15)6-12-11(16)10-8(2)13-14-9(10)3/h7,15H,4-6H2,1-3H3,(H,12,16)(H,13,14). The Balaban J connectivity index is 2.53. The fourth-order valence-corrected chi connectivity index (χ4v) is 1.56. The van der Waals surface area contributed by atoms with Gasteiger partial charge in [-0.1, -0.05) is 6.92 Å². The van der Waals surface area contributed by atoms with E-state index in [9.17, 15) is 4.79 Å². The number of carbonyl (C=O) groups is 1. The van der Waals surface area contributed by atoms with E-state index < -0.39 is 0 Å². The summed E-state index contributed by atoms with van der Waals surface area (Å²) in [5.74, 6) is 0.176. The molecule has 0 aromatic carbocycles. The maximum Gasteiger partial charge on any atom is 0.255 e. The van der Waals surface area contributed by atoms with Gasteiger partial charge in [0.2, 0.25) is 0 Å². The summed E-state index contributed by atoms with van der Waals surface area (Å²) >= 11 is 0. The maximum absolute atomic E-state index is 11.8. The van der Waals surface area contributed by atoms with Crippen LogP contribution in [0, 0.1) is 19.8 Å². The van der Waals surface area contributed by atoms with Gasteiger partial charge < -0.3 is 10.4 Å². The van der Waals surface area contributed by atoms with Crippen molar-refractivity contribution in [2.75, 3.05) is 13.2 Å². The molecule has 0 fully saturated rings. The van der Waals surface area contributed by atoms with Crippen molar-refractivity contribution in [3.63, 3.8) is 0 Å². The molecule has 5 nitrogen and oxygen atoms in total. The summed E-state index contributed by atoms with van der Waals surface area (Å²) in [6, 6.07) is 0. The SMILES string of the molecule is Cc1n[nH]c(C)c1C(=O)NCC(C)CCO. The van der Waals surface area contributed by atoms with E-state index >= 15 is 0 Å². The largest absolute Gasteiger partial charge is 0.396 e. The molecule has 1 amide bonds. The molecular formula is C11H19N3O2. The number of nitrogens with zero attached hydrogens (tertiary/aromatic N) is 1. The minimum absolute atomic E-state index is 0.103. The predicted octanol–water partition coefficient (Wildman–Crippen LogP) is 0.775. The average Bonchev–Trinajstić information content (AvgIpc) is 2.56. The van der Waals surface area contributed by atoms with E-state index in [-0.39, 0.29) is 18.4 Å². The highest BCUT2D eigenvalue weighted by atomic mass is 16.3. The Bertz CT molecular complexity index is 341. The molecule has 1 heterocycles. The van der Waals surface area contributed by atoms with Crippen LogP contribution in [-0.2, 0) is 0 Å². The molecule has 0 aliphatic rings. The van der Waals surface area contributed by atoms with Crippen LogP contribution in [0.2, 0.25) is 0 Å². The van der Waals surface area contributed by atoms with E-state index in [1.165, 1.54) is 0 Å². The highest BCUT2D eigenvalue weighted by Crippen LogP contribution is 2.09. The molecule has 1 rings (SSSR count). The van der Waals surface area contributed by atoms with Crippen LogP contribution in [0.25, 0.3) is 0 Å². The van der Waals surface area contributed by atoms with E-state index in [0.717, 1.165) is 5.69 Å². The number of aryl methyl sites for hydroxylation is 2. The molecule has 0 saturated carbocycles. The lowest BCUT2D eigenvalue weighted by Crippen LogP contribution is -2.29. The number of H-pyrrole nitrogens is 1. The van der Waals surface area contributed by atoms with Crippen LogP contribution in [0.3, 0.4) is 0 Å². The lowest BCUT2D eigenvalue weighted by atomic mass is 10.1. The topological polar surface area (TPSA) is 78.0 Å². The first-order chi connectivity index (χ1) is 7.56. The molecule has 5 heteroatoms. The van der Waals surface area contributed by atoms with E-state index in [0.29, 0.717) is 24.2 Å². The van der Waals surface area contributed by atoms with Crippen molar-refractivity contribution in [2.24, 2.45) is 5.92 Å². The summed E-state index contributed by atoms with van der Waals surface area (Å²) in [7, 11) is 0. The minimum atomic E-state index is -0.103. The summed E-state index contributed by atoms with van der Waals surface area (Å²) in [5.41, 5.74) is 2.12. The second kappa shape index (κ2) is 5.65. The van der Waals surface area contributed by atoms with Gasteiger partial charge in [0.25, 0.3) is 5.91 Å². The third kappa shape index (κ3) is 3.06. The number of aromatic nitrogens is 2. The molecule has 0 saturated heterocycles. The van der Waals surface area contributed by atoms with E-state index in [2.05, 4.69) is 15.5 Å². The quantitative estimate of drug-likeness (QED) is 0.692. The number of rotatable bonds is 5. The van der Waals surface area contributed by atoms with Gasteiger partial charge in [0.1, 0.15) is 0 Å². The van der Waals surface area contributed by atoms with Gasteiger partial charge in [-0.15, -0.1) is 0 Å². The lowest BCUT2D eigenvalue weighted by molar-refractivity contribution is 0.0944. The predicted molar refractivity (Wildman–Crippen MR) is 61.3 cm³/mol. The van der Waals surface area contributed by atoms with Crippen molar-refractivity contribution in [1.29, 1.82) is 0 Å². The van der Waals surface area contributed by atoms with Crippen LogP contribution in [0.1, 0.15) is 35.1 Å². The van der Waals surface area contributed by atoms with Gasteiger partial charge in [-0.2, -0.15) is 5.10 Å². The zero-order valence-corrected chi connectivity index (χ0v) is 10.0. The Morgan fingerprint density at radius 1 is 1.56 bits per heavy atom. The summed E-state index contributed by atoms with van der Waals surface area (Å²) in [4.78, 5) is 11.8. The number of aliphatic hydroxyl groups excluding tert-OH is 1. The Hall–Kier alpha value is -1.36. The van der Waals surface area contributed by atoms with Gasteiger partial charge in [-0.05, 0) is 26.2 Å². The first-order valence-corrected chi connectivity index (χ1v) is 5.46. The van der Waals surface area contributed by atoms with Crippen LogP contribution >= 0.6 is 0 Å². The number of carbonyl (C=O) groups excluding carboxylic acids is 1. The summed E-state index contributed by atoms with van der Waals surface area (Å²) < 4.78 is 0. The fraction of sp³-hybridized carbons (Fsp3) is 0.636. The molecule has 0 aliphatic heterocycles. The smallest absolute Gasteiger partial charge is 0.255 e. The van der Waals surface area contributed by atoms with Crippen LogP contribution in [0.4, 0.5) is 0 Å². The van der Waals surface area contributed by atoms with Crippen LogP contribution < -0.4 is 5.32 Å². The van der Waals surface area contributed by atoms with Crippen molar-refractivity contribution in [1.82, 2.24) is 15.5 Å². The van der Waals surface area contributed by atoms with Gasteiger partial charge in [-0.25, -0.2) is 0 Å². The van der Waals surface area contributed by atoms with Crippen LogP contribution in [0.15, 0.2) is 0 Å². The lowest BCUT2D eigenvalue weighted by Gasteiger charge is -2.11. The molecule has 90 valence electrons. The van der Waals surface area contributed by atoms with Crippen molar-refractivity contribution < 1.29 is 9.90 Å². The third-order valence-electron chi connectivity index (χ3n) is 2.59. The first kappa shape index (κ1) is 12.7. The average molecular weight is 225 g/mol. The molecule has 1 aromatic rings. The van der Waals surface area contributed by atoms with Gasteiger partial charge >= 0.3 is 0 Å². The number of nitrogens with one attached hydrogen (secondary N) is 2. The molecule has 1 atom stereocenters. The Morgan fingerprint density at radius 3 is 2.75 bits per heavy atom. The van der Waals surface area contributed by atoms with Crippen LogP contribution in [-0.4, -0.2) is 34.4 Å². The van der Waals surface area contributed by atoms with Crippen molar-refractivity contribution in [2.45, 2.75) is 27.2 Å². The number of hydrogen-bond acceptors (Lipinski definition) is 3. The summed E-state index contributed by atoms with van der Waals surface area (Å²) in [6.45, 7) is 6.34. The molecule has 0 spiro atoms. The molecule has 0 radical (unpaired) electrons. The van der Waals surface area contributed by atoms with E-state index in [4.69, 9.17) is 5.11 Å². The molecule has 0 bridgehead atoms. The zero-order chi connectivity index (χ0) is 12.1. The van der Waals surface area contributed by atoms with Crippen molar-refractivity contribution in [3.05, 3.63) is 17.0 Å². The second-order valence-corrected chi connectivity index (χ2v) is 4.14. The van der Waals surface area contributed by atoms with Gasteiger partial charge in [0, 0.05) is 18.8 Å². The number of aromatic amines is 1. The zero-order valence-electron chi connectivity index (χ0n) is 10.0. The minimum Gasteiger partial charge on any atom is -0.396 e. The molecule has 16 heavy (non-hydrogen) atoms. The molecule has 0 aliphatic carbocycles. The highest BCUT2D eigenvalue weighted by Gasteiger charge is 2.15. The fourth-order valence-electron chi connectivity index (χ4n) is 1.56. The molecule has 3 N–H and O–H groups in total. The summed E-state index contributed by atoms with van der Waals surface area (Å²) in [5, 5.41) is 18.3. The number of amides is 1. The van der Waals surface area contributed by atoms with Gasteiger partial charge in [0.15, 0.2) is 0 Å². The Morgan fingerprint density at radius 2 is 2.25 bits per heavy atom. The Kier molecular flexibility index (Phi) is 4.49. The van der Waals surface area contributed by atoms with E-state index in [1.54, 1.807) is 6.92 Å². The number of hydrogen-bond donors (Lipinski definition) is 3. The second-order valence-electron chi connectivity index (χ2n) is 4.14. The molecule has 1 aromatic heterocycles. The highest BCUT2D eigenvalue weighted by molar-refractivity contribution is 5.96. The normalized spacial score (nSPS) is 12.5. The van der Waals surface area contributed by atoms with Crippen molar-refractivity contribution in [3.8, 4) is 0 Å². The third-order valence-corrected chi connectivity index (χ3v) is 2.59. The Labute approximate surface area is 95.3 Å². The molecule has 1 unspecified atom stereocenters. The monoisotopic (exact) mass is 225 g/mol. The summed E-state index contributed by atoms with van der Waals surface area (Å²) in [6.07, 6.45) is 0.698. The van der Waals surface area contributed by atoms with Crippen molar-refractivity contribution >= 4 is 5.91 Å². The van der Waals surface area contributed by atoms with Gasteiger partial charge in [0.05, 0.1) is 11.3 Å².